The van der Waals surface area contributed by atoms with Crippen LogP contribution in [-0.2, 0) is 10.0 Å². The molecule has 0 aromatic heterocycles. The molecule has 0 atom stereocenters. The van der Waals surface area contributed by atoms with Crippen LogP contribution in [0.2, 0.25) is 0 Å². The van der Waals surface area contributed by atoms with Gasteiger partial charge in [-0.05, 0) is 30.9 Å². The highest BCUT2D eigenvalue weighted by atomic mass is 32.2. The first-order valence-electron chi connectivity index (χ1n) is 8.20. The van der Waals surface area contributed by atoms with Gasteiger partial charge in [-0.1, -0.05) is 59.2 Å². The SMILES string of the molecule is CC.CC.CCC1CCN(S(=O)(=O)c2ccccc2)CC1. The quantitative estimate of drug-likeness (QED) is 0.821. The molecule has 0 amide bonds. The number of rotatable bonds is 3. The van der Waals surface area contributed by atoms with Crippen LogP contribution < -0.4 is 0 Å². The Morgan fingerprint density at radius 2 is 1.48 bits per heavy atom. The summed E-state index contributed by atoms with van der Waals surface area (Å²) >= 11 is 0. The Morgan fingerprint density at radius 3 is 1.90 bits per heavy atom. The molecule has 2 rings (SSSR count). The van der Waals surface area contributed by atoms with Gasteiger partial charge >= 0.3 is 0 Å². The maximum Gasteiger partial charge on any atom is 0.243 e. The van der Waals surface area contributed by atoms with E-state index in [4.69, 9.17) is 0 Å². The van der Waals surface area contributed by atoms with Crippen LogP contribution in [0.15, 0.2) is 35.2 Å². The monoisotopic (exact) mass is 313 g/mol. The Kier molecular flexibility index (Phi) is 10.4. The summed E-state index contributed by atoms with van der Waals surface area (Å²) in [6.45, 7) is 11.5. The van der Waals surface area contributed by atoms with Crippen molar-refractivity contribution in [1.29, 1.82) is 0 Å². The van der Waals surface area contributed by atoms with Gasteiger partial charge in [-0.15, -0.1) is 0 Å². The number of benzene rings is 1. The van der Waals surface area contributed by atoms with Gasteiger partial charge in [0.15, 0.2) is 0 Å². The highest BCUT2D eigenvalue weighted by molar-refractivity contribution is 7.89. The minimum atomic E-state index is -3.26. The van der Waals surface area contributed by atoms with Crippen molar-refractivity contribution in [1.82, 2.24) is 4.31 Å². The third kappa shape index (κ3) is 5.79. The lowest BCUT2D eigenvalue weighted by Crippen LogP contribution is -2.38. The molecule has 0 spiro atoms. The maximum absolute atomic E-state index is 12.3. The second kappa shape index (κ2) is 10.8. The Bertz CT molecular complexity index is 449. The Balaban J connectivity index is 0.000000921. The summed E-state index contributed by atoms with van der Waals surface area (Å²) in [7, 11) is -3.26. The van der Waals surface area contributed by atoms with Crippen LogP contribution in [0.25, 0.3) is 0 Å². The summed E-state index contributed by atoms with van der Waals surface area (Å²) in [5.74, 6) is 0.692. The number of piperidine rings is 1. The maximum atomic E-state index is 12.3. The summed E-state index contributed by atoms with van der Waals surface area (Å²) in [5, 5.41) is 0. The molecule has 0 bridgehead atoms. The molecular formula is C17H31NO2S. The predicted octanol–water partition coefficient (Wildman–Crippen LogP) is 4.55. The van der Waals surface area contributed by atoms with Gasteiger partial charge in [0.2, 0.25) is 10.0 Å². The molecule has 4 heteroatoms. The van der Waals surface area contributed by atoms with Crippen LogP contribution in [-0.4, -0.2) is 25.8 Å². The lowest BCUT2D eigenvalue weighted by Gasteiger charge is -2.30. The first-order chi connectivity index (χ1) is 10.1. The van der Waals surface area contributed by atoms with E-state index in [1.165, 1.54) is 0 Å². The summed E-state index contributed by atoms with van der Waals surface area (Å²) in [6, 6.07) is 8.71. The molecule has 122 valence electrons. The van der Waals surface area contributed by atoms with Gasteiger partial charge in [0, 0.05) is 13.1 Å². The van der Waals surface area contributed by atoms with Gasteiger partial charge in [0.1, 0.15) is 0 Å². The number of nitrogens with zero attached hydrogens (tertiary/aromatic N) is 1. The molecule has 0 aliphatic carbocycles. The first kappa shape index (κ1) is 20.1. The van der Waals surface area contributed by atoms with E-state index in [0.717, 1.165) is 19.3 Å². The van der Waals surface area contributed by atoms with Crippen molar-refractivity contribution in [3.8, 4) is 0 Å². The Labute approximate surface area is 131 Å². The molecule has 0 unspecified atom stereocenters. The van der Waals surface area contributed by atoms with Crippen molar-refractivity contribution in [3.63, 3.8) is 0 Å². The summed E-state index contributed by atoms with van der Waals surface area (Å²) in [6.07, 6.45) is 3.13. The summed E-state index contributed by atoms with van der Waals surface area (Å²) < 4.78 is 26.2. The third-order valence-electron chi connectivity index (χ3n) is 3.53. The van der Waals surface area contributed by atoms with E-state index in [-0.39, 0.29) is 0 Å². The number of hydrogen-bond acceptors (Lipinski definition) is 2. The lowest BCUT2D eigenvalue weighted by molar-refractivity contribution is 0.269. The second-order valence-corrected chi connectivity index (χ2v) is 6.51. The van der Waals surface area contributed by atoms with E-state index in [1.54, 1.807) is 28.6 Å². The molecular weight excluding hydrogens is 282 g/mol. The van der Waals surface area contributed by atoms with Crippen molar-refractivity contribution in [3.05, 3.63) is 30.3 Å². The fourth-order valence-electron chi connectivity index (χ4n) is 2.30. The van der Waals surface area contributed by atoms with E-state index in [0.29, 0.717) is 23.9 Å². The molecule has 1 aromatic carbocycles. The van der Waals surface area contributed by atoms with Crippen molar-refractivity contribution in [2.24, 2.45) is 5.92 Å². The molecule has 21 heavy (non-hydrogen) atoms. The number of sulfonamides is 1. The highest BCUT2D eigenvalue weighted by Crippen LogP contribution is 2.25. The van der Waals surface area contributed by atoms with E-state index < -0.39 is 10.0 Å². The van der Waals surface area contributed by atoms with Crippen molar-refractivity contribution < 1.29 is 8.42 Å². The molecule has 0 radical (unpaired) electrons. The lowest BCUT2D eigenvalue weighted by atomic mass is 9.96. The van der Waals surface area contributed by atoms with Crippen LogP contribution in [0.5, 0.6) is 0 Å². The fraction of sp³-hybridized carbons (Fsp3) is 0.647. The van der Waals surface area contributed by atoms with Crippen LogP contribution in [0, 0.1) is 5.92 Å². The molecule has 0 N–H and O–H groups in total. The average Bonchev–Trinajstić information content (AvgIpc) is 2.59. The fourth-order valence-corrected chi connectivity index (χ4v) is 3.79. The van der Waals surface area contributed by atoms with E-state index in [9.17, 15) is 8.42 Å². The highest BCUT2D eigenvalue weighted by Gasteiger charge is 2.28. The number of hydrogen-bond donors (Lipinski definition) is 0. The first-order valence-corrected chi connectivity index (χ1v) is 9.64. The normalized spacial score (nSPS) is 16.2. The van der Waals surface area contributed by atoms with Crippen LogP contribution in [0.4, 0.5) is 0 Å². The average molecular weight is 314 g/mol. The zero-order valence-electron chi connectivity index (χ0n) is 14.2. The summed E-state index contributed by atoms with van der Waals surface area (Å²) in [5.41, 5.74) is 0. The van der Waals surface area contributed by atoms with Crippen LogP contribution >= 0.6 is 0 Å². The Hall–Kier alpha value is -0.870. The molecule has 1 saturated heterocycles. The zero-order valence-corrected chi connectivity index (χ0v) is 15.0. The minimum Gasteiger partial charge on any atom is -0.207 e. The second-order valence-electron chi connectivity index (χ2n) is 4.57. The van der Waals surface area contributed by atoms with Gasteiger partial charge in [-0.25, -0.2) is 8.42 Å². The zero-order chi connectivity index (χ0) is 16.3. The molecule has 3 nitrogen and oxygen atoms in total. The molecule has 1 aromatic rings. The van der Waals surface area contributed by atoms with Gasteiger partial charge in [-0.3, -0.25) is 0 Å². The van der Waals surface area contributed by atoms with E-state index >= 15 is 0 Å². The van der Waals surface area contributed by atoms with Crippen molar-refractivity contribution in [2.75, 3.05) is 13.1 Å². The molecule has 1 fully saturated rings. The van der Waals surface area contributed by atoms with Crippen LogP contribution in [0.1, 0.15) is 53.9 Å². The molecule has 0 saturated carbocycles. The molecule has 1 aliphatic rings. The van der Waals surface area contributed by atoms with Gasteiger partial charge in [0.25, 0.3) is 0 Å². The van der Waals surface area contributed by atoms with Gasteiger partial charge < -0.3 is 0 Å². The van der Waals surface area contributed by atoms with Gasteiger partial charge in [0.05, 0.1) is 4.90 Å². The van der Waals surface area contributed by atoms with E-state index in [2.05, 4.69) is 6.92 Å². The largest absolute Gasteiger partial charge is 0.243 e. The van der Waals surface area contributed by atoms with Gasteiger partial charge in [-0.2, -0.15) is 4.31 Å². The standard InChI is InChI=1S/C13H19NO2S.2C2H6/c1-2-12-8-10-14(11-9-12)17(15,16)13-6-4-3-5-7-13;2*1-2/h3-7,12H,2,8-11H2,1H3;2*1-2H3. The topological polar surface area (TPSA) is 37.4 Å². The minimum absolute atomic E-state index is 0.412. The smallest absolute Gasteiger partial charge is 0.207 e. The third-order valence-corrected chi connectivity index (χ3v) is 5.44. The summed E-state index contributed by atoms with van der Waals surface area (Å²) in [4.78, 5) is 0.412. The molecule has 1 heterocycles. The van der Waals surface area contributed by atoms with E-state index in [1.807, 2.05) is 33.8 Å². The van der Waals surface area contributed by atoms with Crippen molar-refractivity contribution in [2.45, 2.75) is 58.8 Å². The predicted molar refractivity (Wildman–Crippen MR) is 90.9 cm³/mol. The van der Waals surface area contributed by atoms with Crippen LogP contribution in [0.3, 0.4) is 0 Å². The van der Waals surface area contributed by atoms with Crippen molar-refractivity contribution >= 4 is 10.0 Å². The molecule has 1 aliphatic heterocycles. The Morgan fingerprint density at radius 1 is 1.00 bits per heavy atom.